The largest absolute Gasteiger partial charge is 0.480 e. The van der Waals surface area contributed by atoms with Crippen LogP contribution in [-0.2, 0) is 30.4 Å². The van der Waals surface area contributed by atoms with Crippen molar-refractivity contribution in [3.8, 4) is 0 Å². The smallest absolute Gasteiger partial charge is 0.326 e. The molecule has 4 atom stereocenters. The van der Waals surface area contributed by atoms with E-state index in [1.807, 2.05) is 38.1 Å². The van der Waals surface area contributed by atoms with E-state index in [9.17, 15) is 29.1 Å². The molecular formula is C28H43N7O6. The van der Waals surface area contributed by atoms with Crippen molar-refractivity contribution in [2.75, 3.05) is 6.54 Å². The second-order valence-electron chi connectivity index (χ2n) is 10.6. The maximum Gasteiger partial charge on any atom is 0.326 e. The molecule has 41 heavy (non-hydrogen) atoms. The number of nitrogens with one attached hydrogen (secondary N) is 4. The number of unbranched alkanes of at least 4 members (excludes halogenated alkanes) is 1. The van der Waals surface area contributed by atoms with Crippen LogP contribution in [0.5, 0.6) is 0 Å². The quantitative estimate of drug-likeness (QED) is 0.113. The van der Waals surface area contributed by atoms with Crippen LogP contribution in [-0.4, -0.2) is 70.4 Å². The van der Waals surface area contributed by atoms with Crippen LogP contribution in [0.25, 0.3) is 10.9 Å². The highest BCUT2D eigenvalue weighted by atomic mass is 16.4. The van der Waals surface area contributed by atoms with E-state index in [0.717, 1.165) is 16.5 Å². The van der Waals surface area contributed by atoms with Gasteiger partial charge in [-0.3, -0.25) is 19.2 Å². The first kappa shape index (κ1) is 33.2. The third-order valence-corrected chi connectivity index (χ3v) is 6.67. The number of nitrogens with two attached hydrogens (primary N) is 3. The van der Waals surface area contributed by atoms with Gasteiger partial charge in [0, 0.05) is 23.5 Å². The summed E-state index contributed by atoms with van der Waals surface area (Å²) in [6.07, 6.45) is 3.17. The van der Waals surface area contributed by atoms with E-state index in [-0.39, 0.29) is 38.0 Å². The van der Waals surface area contributed by atoms with Crippen LogP contribution in [0.4, 0.5) is 0 Å². The summed E-state index contributed by atoms with van der Waals surface area (Å²) < 4.78 is 0. The van der Waals surface area contributed by atoms with Gasteiger partial charge in [-0.15, -0.1) is 0 Å². The van der Waals surface area contributed by atoms with Crippen molar-refractivity contribution in [2.45, 2.75) is 83.0 Å². The van der Waals surface area contributed by atoms with E-state index in [1.165, 1.54) is 0 Å². The topological polar surface area (TPSA) is 236 Å². The van der Waals surface area contributed by atoms with E-state index < -0.39 is 53.8 Å². The lowest BCUT2D eigenvalue weighted by atomic mass is 10.0. The third-order valence-electron chi connectivity index (χ3n) is 6.67. The zero-order valence-corrected chi connectivity index (χ0v) is 23.7. The predicted octanol–water partition coefficient (Wildman–Crippen LogP) is 0.0173. The summed E-state index contributed by atoms with van der Waals surface area (Å²) in [6.45, 7) is 4.09. The summed E-state index contributed by atoms with van der Waals surface area (Å²) in [5, 5.41) is 18.2. The normalized spacial score (nSPS) is 14.2. The Bertz CT molecular complexity index is 1200. The molecule has 4 unspecified atom stereocenters. The average molecular weight is 574 g/mol. The molecule has 0 radical (unpaired) electrons. The molecule has 226 valence electrons. The highest BCUT2D eigenvalue weighted by Gasteiger charge is 2.31. The second-order valence-corrected chi connectivity index (χ2v) is 10.6. The average Bonchev–Trinajstić information content (AvgIpc) is 3.31. The fraction of sp³-hybridized carbons (Fsp3) is 0.536. The maximum absolute atomic E-state index is 13.3. The number of rotatable bonds is 18. The van der Waals surface area contributed by atoms with Crippen LogP contribution < -0.4 is 33.2 Å². The molecule has 13 heteroatoms. The minimum absolute atomic E-state index is 0.0326. The molecule has 0 aliphatic heterocycles. The Labute approximate surface area is 239 Å². The van der Waals surface area contributed by atoms with Gasteiger partial charge in [0.05, 0.1) is 6.04 Å². The molecule has 11 N–H and O–H groups in total. The molecule has 2 rings (SSSR count). The second kappa shape index (κ2) is 16.3. The third kappa shape index (κ3) is 10.8. The van der Waals surface area contributed by atoms with Crippen LogP contribution in [0.15, 0.2) is 30.5 Å². The predicted molar refractivity (Wildman–Crippen MR) is 154 cm³/mol. The first-order valence-electron chi connectivity index (χ1n) is 13.9. The highest BCUT2D eigenvalue weighted by Crippen LogP contribution is 2.19. The Morgan fingerprint density at radius 3 is 2.17 bits per heavy atom. The van der Waals surface area contributed by atoms with Crippen molar-refractivity contribution >= 4 is 40.5 Å². The van der Waals surface area contributed by atoms with Gasteiger partial charge in [-0.25, -0.2) is 4.79 Å². The molecule has 1 aromatic heterocycles. The standard InChI is InChI=1S/C28H43N7O6/c1-16(2)13-23(27(39)34-22(28(40)41)9-5-6-12-29)35-26(38)21(10-11-24(31)36)33-25(37)19(30)14-17-15-32-20-8-4-3-7-18(17)20/h3-4,7-8,15-16,19,21-23,32H,5-6,9-14,29-30H2,1-2H3,(H2,31,36)(H,33,37)(H,34,39)(H,35,38)(H,40,41). The number of amides is 4. The Morgan fingerprint density at radius 2 is 1.54 bits per heavy atom. The van der Waals surface area contributed by atoms with Gasteiger partial charge in [0.15, 0.2) is 0 Å². The van der Waals surface area contributed by atoms with E-state index >= 15 is 0 Å². The molecule has 0 saturated carbocycles. The van der Waals surface area contributed by atoms with Gasteiger partial charge >= 0.3 is 5.97 Å². The van der Waals surface area contributed by atoms with Crippen molar-refractivity contribution in [1.29, 1.82) is 0 Å². The van der Waals surface area contributed by atoms with Crippen molar-refractivity contribution in [3.63, 3.8) is 0 Å². The van der Waals surface area contributed by atoms with Gasteiger partial charge in [-0.2, -0.15) is 0 Å². The van der Waals surface area contributed by atoms with Crippen LogP contribution in [0, 0.1) is 5.92 Å². The van der Waals surface area contributed by atoms with E-state index in [0.29, 0.717) is 19.4 Å². The first-order chi connectivity index (χ1) is 19.4. The lowest BCUT2D eigenvalue weighted by Gasteiger charge is -2.26. The number of fused-ring (bicyclic) bond motifs is 1. The molecule has 0 saturated heterocycles. The number of carboxylic acid groups (broad SMARTS) is 1. The number of carboxylic acids is 1. The van der Waals surface area contributed by atoms with E-state index in [1.54, 1.807) is 6.20 Å². The van der Waals surface area contributed by atoms with Gasteiger partial charge < -0.3 is 43.2 Å². The maximum atomic E-state index is 13.3. The number of aliphatic carboxylic acids is 1. The van der Waals surface area contributed by atoms with Crippen molar-refractivity contribution < 1.29 is 29.1 Å². The van der Waals surface area contributed by atoms with Crippen LogP contribution in [0.1, 0.15) is 57.9 Å². The number of carbonyl (C=O) groups is 5. The molecular weight excluding hydrogens is 530 g/mol. The zero-order chi connectivity index (χ0) is 30.5. The molecule has 0 aliphatic rings. The first-order valence-corrected chi connectivity index (χ1v) is 13.9. The van der Waals surface area contributed by atoms with Gasteiger partial charge in [0.2, 0.25) is 23.6 Å². The number of primary amides is 1. The number of carbonyl (C=O) groups excluding carboxylic acids is 4. The molecule has 0 spiro atoms. The summed E-state index contributed by atoms with van der Waals surface area (Å²) >= 11 is 0. The number of aromatic nitrogens is 1. The molecule has 1 aromatic carbocycles. The van der Waals surface area contributed by atoms with Gasteiger partial charge in [-0.1, -0.05) is 32.0 Å². The van der Waals surface area contributed by atoms with Crippen LogP contribution >= 0.6 is 0 Å². The molecule has 0 aliphatic carbocycles. The number of H-pyrrole nitrogens is 1. The van der Waals surface area contributed by atoms with Crippen LogP contribution in [0.2, 0.25) is 0 Å². The summed E-state index contributed by atoms with van der Waals surface area (Å²) in [7, 11) is 0. The number of aromatic amines is 1. The fourth-order valence-corrected chi connectivity index (χ4v) is 4.46. The fourth-order valence-electron chi connectivity index (χ4n) is 4.46. The zero-order valence-electron chi connectivity index (χ0n) is 23.7. The molecule has 2 aromatic rings. The van der Waals surface area contributed by atoms with E-state index in [2.05, 4.69) is 20.9 Å². The number of benzene rings is 1. The van der Waals surface area contributed by atoms with Gasteiger partial charge in [0.25, 0.3) is 0 Å². The molecule has 0 fully saturated rings. The highest BCUT2D eigenvalue weighted by molar-refractivity contribution is 5.94. The molecule has 0 bridgehead atoms. The lowest BCUT2D eigenvalue weighted by molar-refractivity contribution is -0.142. The molecule has 4 amide bonds. The van der Waals surface area contributed by atoms with Gasteiger partial charge in [0.1, 0.15) is 18.1 Å². The minimum atomic E-state index is -1.20. The Morgan fingerprint density at radius 1 is 0.902 bits per heavy atom. The Hall–Kier alpha value is -3.97. The lowest BCUT2D eigenvalue weighted by Crippen LogP contribution is -2.57. The number of hydrogen-bond donors (Lipinski definition) is 8. The Balaban J connectivity index is 2.13. The van der Waals surface area contributed by atoms with E-state index in [4.69, 9.17) is 17.2 Å². The van der Waals surface area contributed by atoms with Crippen LogP contribution in [0.3, 0.4) is 0 Å². The van der Waals surface area contributed by atoms with Gasteiger partial charge in [-0.05, 0) is 62.6 Å². The molecule has 13 nitrogen and oxygen atoms in total. The number of hydrogen-bond acceptors (Lipinski definition) is 7. The molecule has 1 heterocycles. The van der Waals surface area contributed by atoms with Crippen molar-refractivity contribution in [3.05, 3.63) is 36.0 Å². The number of para-hydroxylation sites is 1. The monoisotopic (exact) mass is 573 g/mol. The van der Waals surface area contributed by atoms with Crippen molar-refractivity contribution in [1.82, 2.24) is 20.9 Å². The summed E-state index contributed by atoms with van der Waals surface area (Å²) in [5.41, 5.74) is 18.7. The summed E-state index contributed by atoms with van der Waals surface area (Å²) in [5.74, 6) is -3.89. The summed E-state index contributed by atoms with van der Waals surface area (Å²) in [4.78, 5) is 65.7. The SMILES string of the molecule is CC(C)CC(NC(=O)C(CCC(N)=O)NC(=O)C(N)Cc1c[nH]c2ccccc12)C(=O)NC(CCCCN)C(=O)O. The minimum Gasteiger partial charge on any atom is -0.480 e. The Kier molecular flexibility index (Phi) is 13.2. The van der Waals surface area contributed by atoms with Crippen molar-refractivity contribution in [2.24, 2.45) is 23.1 Å². The summed E-state index contributed by atoms with van der Waals surface area (Å²) in [6, 6.07) is 3.13.